The molecule has 1 rings (SSSR count). The van der Waals surface area contributed by atoms with Crippen LogP contribution in [0.5, 0.6) is 0 Å². The molecule has 0 atom stereocenters. The Kier molecular flexibility index (Phi) is 5.15. The Morgan fingerprint density at radius 1 is 1.44 bits per heavy atom. The fourth-order valence-electron chi connectivity index (χ4n) is 1.56. The van der Waals surface area contributed by atoms with Crippen LogP contribution in [-0.4, -0.2) is 54.4 Å². The highest BCUT2D eigenvalue weighted by atomic mass is 32.1. The zero-order valence-electron chi connectivity index (χ0n) is 10.1. The molecule has 0 aliphatic heterocycles. The Morgan fingerprint density at radius 2 is 2.06 bits per heavy atom. The van der Waals surface area contributed by atoms with Crippen molar-refractivity contribution in [2.75, 3.05) is 33.7 Å². The monoisotopic (exact) mass is 243 g/mol. The van der Waals surface area contributed by atoms with Gasteiger partial charge in [0.05, 0.1) is 11.5 Å². The lowest BCUT2D eigenvalue weighted by Crippen LogP contribution is -2.38. The molecule has 0 heterocycles. The van der Waals surface area contributed by atoms with E-state index in [0.29, 0.717) is 24.5 Å². The largest absolute Gasteiger partial charge is 0.393 e. The van der Waals surface area contributed by atoms with E-state index in [1.807, 2.05) is 7.05 Å². The maximum atomic E-state index is 11.8. The van der Waals surface area contributed by atoms with Crippen LogP contribution < -0.4 is 5.73 Å². The van der Waals surface area contributed by atoms with Crippen LogP contribution in [0.15, 0.2) is 0 Å². The molecule has 0 aromatic carbocycles. The third-order valence-electron chi connectivity index (χ3n) is 2.79. The molecule has 0 aromatic heterocycles. The molecule has 1 aliphatic carbocycles. The molecule has 0 spiro atoms. The minimum absolute atomic E-state index is 0.138. The topological polar surface area (TPSA) is 49.6 Å². The summed E-state index contributed by atoms with van der Waals surface area (Å²) in [5.41, 5.74) is 5.40. The van der Waals surface area contributed by atoms with Crippen LogP contribution in [0.2, 0.25) is 0 Å². The van der Waals surface area contributed by atoms with E-state index in [2.05, 4.69) is 4.90 Å². The van der Waals surface area contributed by atoms with Crippen LogP contribution in [0.1, 0.15) is 19.3 Å². The molecule has 0 aromatic rings. The molecule has 5 heteroatoms. The average molecular weight is 243 g/mol. The summed E-state index contributed by atoms with van der Waals surface area (Å²) in [6, 6.07) is 0. The van der Waals surface area contributed by atoms with Gasteiger partial charge in [-0.3, -0.25) is 9.69 Å². The first-order valence-electron chi connectivity index (χ1n) is 5.70. The number of carbonyl (C=O) groups is 1. The van der Waals surface area contributed by atoms with Crippen molar-refractivity contribution in [3.63, 3.8) is 0 Å². The summed E-state index contributed by atoms with van der Waals surface area (Å²) < 4.78 is 0. The lowest BCUT2D eigenvalue weighted by atomic mass is 10.3. The maximum absolute atomic E-state index is 11.8. The van der Waals surface area contributed by atoms with Gasteiger partial charge in [-0.1, -0.05) is 12.2 Å². The minimum Gasteiger partial charge on any atom is -0.393 e. The highest BCUT2D eigenvalue weighted by molar-refractivity contribution is 7.80. The first-order chi connectivity index (χ1) is 7.49. The van der Waals surface area contributed by atoms with Gasteiger partial charge in [0.15, 0.2) is 0 Å². The summed E-state index contributed by atoms with van der Waals surface area (Å²) in [7, 11) is 3.79. The molecule has 16 heavy (non-hydrogen) atoms. The van der Waals surface area contributed by atoms with Gasteiger partial charge >= 0.3 is 0 Å². The summed E-state index contributed by atoms with van der Waals surface area (Å²) in [4.78, 5) is 16.0. The van der Waals surface area contributed by atoms with Gasteiger partial charge in [-0.25, -0.2) is 0 Å². The zero-order valence-corrected chi connectivity index (χ0v) is 10.9. The van der Waals surface area contributed by atoms with Gasteiger partial charge in [-0.05, 0) is 25.8 Å². The van der Waals surface area contributed by atoms with E-state index < -0.39 is 0 Å². The van der Waals surface area contributed by atoms with Gasteiger partial charge < -0.3 is 10.6 Å². The van der Waals surface area contributed by atoms with Gasteiger partial charge in [0.2, 0.25) is 5.91 Å². The lowest BCUT2D eigenvalue weighted by molar-refractivity contribution is -0.130. The highest BCUT2D eigenvalue weighted by Crippen LogP contribution is 2.29. The van der Waals surface area contributed by atoms with E-state index in [0.717, 1.165) is 12.5 Å². The Morgan fingerprint density at radius 3 is 2.56 bits per heavy atom. The van der Waals surface area contributed by atoms with Gasteiger partial charge in [0.1, 0.15) is 0 Å². The summed E-state index contributed by atoms with van der Waals surface area (Å²) in [5, 5.41) is 0. The molecule has 0 saturated heterocycles. The first kappa shape index (κ1) is 13.4. The number of likely N-dealkylation sites (N-methyl/N-ethyl adjacent to an activating group) is 2. The van der Waals surface area contributed by atoms with Crippen molar-refractivity contribution in [3.8, 4) is 0 Å². The van der Waals surface area contributed by atoms with Crippen molar-refractivity contribution < 1.29 is 4.79 Å². The summed E-state index contributed by atoms with van der Waals surface area (Å²) in [5.74, 6) is 0.958. The molecular formula is C11H21N3OS. The molecule has 1 fully saturated rings. The molecule has 1 amide bonds. The lowest BCUT2D eigenvalue weighted by Gasteiger charge is -2.21. The first-order valence-corrected chi connectivity index (χ1v) is 6.10. The van der Waals surface area contributed by atoms with Crippen LogP contribution in [0.3, 0.4) is 0 Å². The number of nitrogens with zero attached hydrogens (tertiary/aromatic N) is 2. The Bertz CT molecular complexity index is 266. The van der Waals surface area contributed by atoms with Crippen molar-refractivity contribution in [2.45, 2.75) is 19.3 Å². The third kappa shape index (κ3) is 5.42. The molecule has 1 aliphatic rings. The van der Waals surface area contributed by atoms with Crippen molar-refractivity contribution in [2.24, 2.45) is 11.7 Å². The van der Waals surface area contributed by atoms with E-state index in [1.54, 1.807) is 11.9 Å². The van der Waals surface area contributed by atoms with E-state index in [9.17, 15) is 4.79 Å². The number of carbonyl (C=O) groups excluding carboxylic acids is 1. The number of amides is 1. The second kappa shape index (κ2) is 6.15. The number of nitrogens with two attached hydrogens (primary N) is 1. The van der Waals surface area contributed by atoms with Crippen molar-refractivity contribution in [1.82, 2.24) is 9.80 Å². The van der Waals surface area contributed by atoms with E-state index in [4.69, 9.17) is 18.0 Å². The minimum atomic E-state index is 0.138. The number of rotatable bonds is 7. The normalized spacial score (nSPS) is 15.2. The van der Waals surface area contributed by atoms with Gasteiger partial charge in [-0.2, -0.15) is 0 Å². The molecule has 0 bridgehead atoms. The van der Waals surface area contributed by atoms with Crippen LogP contribution >= 0.6 is 12.2 Å². The molecule has 92 valence electrons. The van der Waals surface area contributed by atoms with E-state index in [1.165, 1.54) is 12.8 Å². The van der Waals surface area contributed by atoms with Crippen LogP contribution in [0, 0.1) is 5.92 Å². The quantitative estimate of drug-likeness (QED) is 0.660. The fraction of sp³-hybridized carbons (Fsp3) is 0.818. The predicted octanol–water partition coefficient (Wildman–Crippen LogP) is 0.463. The van der Waals surface area contributed by atoms with E-state index >= 15 is 0 Å². The Balaban J connectivity index is 2.18. The predicted molar refractivity (Wildman–Crippen MR) is 69.3 cm³/mol. The highest BCUT2D eigenvalue weighted by Gasteiger charge is 2.23. The maximum Gasteiger partial charge on any atom is 0.236 e. The second-order valence-electron chi connectivity index (χ2n) is 4.67. The van der Waals surface area contributed by atoms with Gasteiger partial charge in [0, 0.05) is 26.6 Å². The number of hydrogen-bond donors (Lipinski definition) is 1. The summed E-state index contributed by atoms with van der Waals surface area (Å²) in [6.07, 6.45) is 3.23. The van der Waals surface area contributed by atoms with Crippen molar-refractivity contribution in [1.29, 1.82) is 0 Å². The van der Waals surface area contributed by atoms with Crippen LogP contribution in [-0.2, 0) is 4.79 Å². The molecule has 2 N–H and O–H groups in total. The average Bonchev–Trinajstić information content (AvgIpc) is 2.97. The zero-order chi connectivity index (χ0) is 12.1. The van der Waals surface area contributed by atoms with Crippen molar-refractivity contribution >= 4 is 23.1 Å². The fourth-order valence-corrected chi connectivity index (χ4v) is 1.65. The third-order valence-corrected chi connectivity index (χ3v) is 3.00. The Labute approximate surface area is 103 Å². The SMILES string of the molecule is CN(CC(=O)N(C)CCC(N)=S)CC1CC1. The molecule has 0 radical (unpaired) electrons. The summed E-state index contributed by atoms with van der Waals surface area (Å²) in [6.45, 7) is 2.14. The van der Waals surface area contributed by atoms with Gasteiger partial charge in [-0.15, -0.1) is 0 Å². The van der Waals surface area contributed by atoms with Crippen LogP contribution in [0.4, 0.5) is 0 Å². The molecule has 4 nitrogen and oxygen atoms in total. The van der Waals surface area contributed by atoms with E-state index in [-0.39, 0.29) is 5.91 Å². The smallest absolute Gasteiger partial charge is 0.236 e. The molecule has 0 unspecified atom stereocenters. The Hall–Kier alpha value is -0.680. The van der Waals surface area contributed by atoms with Crippen LogP contribution in [0.25, 0.3) is 0 Å². The summed E-state index contributed by atoms with van der Waals surface area (Å²) >= 11 is 4.78. The molecule has 1 saturated carbocycles. The van der Waals surface area contributed by atoms with Crippen molar-refractivity contribution in [3.05, 3.63) is 0 Å². The van der Waals surface area contributed by atoms with Gasteiger partial charge in [0.25, 0.3) is 0 Å². The number of thiocarbonyl (C=S) groups is 1. The second-order valence-corrected chi connectivity index (χ2v) is 5.20. The number of hydrogen-bond acceptors (Lipinski definition) is 3. The molecular weight excluding hydrogens is 222 g/mol. The standard InChI is InChI=1S/C11H21N3OS/c1-13(7-9-3-4-9)8-11(15)14(2)6-5-10(12)16/h9H,3-8H2,1-2H3,(H2,12,16).